The van der Waals surface area contributed by atoms with Crippen LogP contribution in [0.15, 0.2) is 53.1 Å². The van der Waals surface area contributed by atoms with Crippen LogP contribution in [0, 0.1) is 13.8 Å². The molecule has 25 heavy (non-hydrogen) atoms. The molecule has 0 saturated heterocycles. The summed E-state index contributed by atoms with van der Waals surface area (Å²) < 4.78 is 0. The lowest BCUT2D eigenvalue weighted by Crippen LogP contribution is -2.21. The molecule has 128 valence electrons. The van der Waals surface area contributed by atoms with Crippen LogP contribution in [0.3, 0.4) is 0 Å². The highest BCUT2D eigenvalue weighted by atomic mass is 16.2. The summed E-state index contributed by atoms with van der Waals surface area (Å²) >= 11 is 0. The summed E-state index contributed by atoms with van der Waals surface area (Å²) in [5, 5.41) is 5.96. The van der Waals surface area contributed by atoms with Gasteiger partial charge in [0.15, 0.2) is 0 Å². The first kappa shape index (κ1) is 17.2. The van der Waals surface area contributed by atoms with Crippen molar-refractivity contribution in [3.8, 4) is 0 Å². The largest absolute Gasteiger partial charge is 0.280 e. The zero-order valence-corrected chi connectivity index (χ0v) is 15.5. The van der Waals surface area contributed by atoms with Gasteiger partial charge < -0.3 is 0 Å². The molecule has 3 rings (SSSR count). The summed E-state index contributed by atoms with van der Waals surface area (Å²) in [6.07, 6.45) is 1.92. The van der Waals surface area contributed by atoms with Crippen molar-refractivity contribution in [2.24, 2.45) is 5.10 Å². The van der Waals surface area contributed by atoms with Crippen molar-refractivity contribution >= 4 is 23.4 Å². The Morgan fingerprint density at radius 3 is 2.24 bits per heavy atom. The Bertz CT molecular complexity index is 873. The topological polar surface area (TPSA) is 32.7 Å². The van der Waals surface area contributed by atoms with Gasteiger partial charge in [-0.15, -0.1) is 0 Å². The summed E-state index contributed by atoms with van der Waals surface area (Å²) in [4.78, 5) is 12.8. The molecule has 1 aliphatic rings. The van der Waals surface area contributed by atoms with Crippen molar-refractivity contribution < 1.29 is 4.79 Å². The standard InChI is InChI=1S/C22H24N2O/c1-14(2)19-9-7-18(8-10-19)13-21-17(5)23-24(22(21)25)20-11-6-15(3)16(4)12-20/h6-14H,1-5H3/b21-13+. The zero-order valence-electron chi connectivity index (χ0n) is 15.5. The fraction of sp³-hybridized carbons (Fsp3) is 0.273. The molecular weight excluding hydrogens is 308 g/mol. The Kier molecular flexibility index (Phi) is 4.58. The van der Waals surface area contributed by atoms with E-state index in [9.17, 15) is 4.79 Å². The van der Waals surface area contributed by atoms with Gasteiger partial charge >= 0.3 is 0 Å². The molecule has 0 N–H and O–H groups in total. The van der Waals surface area contributed by atoms with Gasteiger partial charge in [0.05, 0.1) is 17.0 Å². The highest BCUT2D eigenvalue weighted by Gasteiger charge is 2.28. The summed E-state index contributed by atoms with van der Waals surface area (Å²) in [7, 11) is 0. The molecule has 0 atom stereocenters. The Balaban J connectivity index is 1.90. The molecule has 0 radical (unpaired) electrons. The van der Waals surface area contributed by atoms with Crippen molar-refractivity contribution in [2.45, 2.75) is 40.5 Å². The second-order valence-electron chi connectivity index (χ2n) is 6.95. The lowest BCUT2D eigenvalue weighted by Gasteiger charge is -2.13. The van der Waals surface area contributed by atoms with Crippen LogP contribution in [0.25, 0.3) is 6.08 Å². The lowest BCUT2D eigenvalue weighted by molar-refractivity contribution is -0.114. The Hall–Kier alpha value is -2.68. The fourth-order valence-corrected chi connectivity index (χ4v) is 2.86. The maximum absolute atomic E-state index is 12.8. The van der Waals surface area contributed by atoms with E-state index in [0.717, 1.165) is 22.5 Å². The number of benzene rings is 2. The molecular formula is C22H24N2O. The molecule has 1 heterocycles. The fourth-order valence-electron chi connectivity index (χ4n) is 2.86. The zero-order chi connectivity index (χ0) is 18.1. The Morgan fingerprint density at radius 2 is 1.64 bits per heavy atom. The molecule has 3 heteroatoms. The van der Waals surface area contributed by atoms with Crippen molar-refractivity contribution in [2.75, 3.05) is 5.01 Å². The first-order valence-corrected chi connectivity index (χ1v) is 8.66. The number of aryl methyl sites for hydroxylation is 2. The van der Waals surface area contributed by atoms with Crippen LogP contribution >= 0.6 is 0 Å². The average Bonchev–Trinajstić information content (AvgIpc) is 2.86. The van der Waals surface area contributed by atoms with Gasteiger partial charge in [-0.3, -0.25) is 4.79 Å². The number of amides is 1. The number of rotatable bonds is 3. The molecule has 0 aliphatic carbocycles. The minimum Gasteiger partial charge on any atom is -0.267 e. The van der Waals surface area contributed by atoms with Crippen LogP contribution < -0.4 is 5.01 Å². The molecule has 0 aromatic heterocycles. The molecule has 0 saturated carbocycles. The first-order valence-electron chi connectivity index (χ1n) is 8.66. The second-order valence-corrected chi connectivity index (χ2v) is 6.95. The second kappa shape index (κ2) is 6.67. The van der Waals surface area contributed by atoms with Crippen molar-refractivity contribution in [1.82, 2.24) is 0 Å². The van der Waals surface area contributed by atoms with Crippen LogP contribution in [0.1, 0.15) is 48.9 Å². The van der Waals surface area contributed by atoms with E-state index in [1.54, 1.807) is 0 Å². The van der Waals surface area contributed by atoms with E-state index in [1.165, 1.54) is 16.1 Å². The van der Waals surface area contributed by atoms with Gasteiger partial charge in [0.25, 0.3) is 5.91 Å². The van der Waals surface area contributed by atoms with Crippen LogP contribution in [-0.4, -0.2) is 11.6 Å². The molecule has 1 amide bonds. The third kappa shape index (κ3) is 3.41. The predicted octanol–water partition coefficient (Wildman–Crippen LogP) is 5.23. The number of carbonyl (C=O) groups is 1. The summed E-state index contributed by atoms with van der Waals surface area (Å²) in [6.45, 7) is 10.3. The maximum atomic E-state index is 12.8. The molecule has 2 aromatic carbocycles. The maximum Gasteiger partial charge on any atom is 0.280 e. The van der Waals surface area contributed by atoms with Gasteiger partial charge in [-0.25, -0.2) is 0 Å². The third-order valence-electron chi connectivity index (χ3n) is 4.71. The average molecular weight is 332 g/mol. The van der Waals surface area contributed by atoms with Crippen LogP contribution in [0.2, 0.25) is 0 Å². The minimum atomic E-state index is -0.0753. The highest BCUT2D eigenvalue weighted by molar-refractivity contribution is 6.32. The molecule has 0 fully saturated rings. The number of hydrazone groups is 1. The van der Waals surface area contributed by atoms with Gasteiger partial charge in [-0.1, -0.05) is 44.2 Å². The lowest BCUT2D eigenvalue weighted by atomic mass is 10.0. The minimum absolute atomic E-state index is 0.0753. The SMILES string of the molecule is CC1=NN(c2ccc(C)c(C)c2)C(=O)/C1=C/c1ccc(C(C)C)cc1. The van der Waals surface area contributed by atoms with Crippen molar-refractivity contribution in [3.05, 3.63) is 70.3 Å². The van der Waals surface area contributed by atoms with E-state index >= 15 is 0 Å². The molecule has 1 aliphatic heterocycles. The van der Waals surface area contributed by atoms with Gasteiger partial charge in [-0.05, 0) is 67.2 Å². The summed E-state index contributed by atoms with van der Waals surface area (Å²) in [5.74, 6) is 0.423. The van der Waals surface area contributed by atoms with E-state index in [4.69, 9.17) is 0 Å². The third-order valence-corrected chi connectivity index (χ3v) is 4.71. The van der Waals surface area contributed by atoms with E-state index in [0.29, 0.717) is 11.5 Å². The molecule has 3 nitrogen and oxygen atoms in total. The van der Waals surface area contributed by atoms with Crippen molar-refractivity contribution in [1.29, 1.82) is 0 Å². The number of hydrogen-bond acceptors (Lipinski definition) is 2. The van der Waals surface area contributed by atoms with E-state index in [2.05, 4.69) is 50.1 Å². The molecule has 0 bridgehead atoms. The predicted molar refractivity (Wildman–Crippen MR) is 105 cm³/mol. The van der Waals surface area contributed by atoms with Crippen molar-refractivity contribution in [3.63, 3.8) is 0 Å². The van der Waals surface area contributed by atoms with Gasteiger partial charge in [0, 0.05) is 0 Å². The highest BCUT2D eigenvalue weighted by Crippen LogP contribution is 2.27. The van der Waals surface area contributed by atoms with Crippen LogP contribution in [0.5, 0.6) is 0 Å². The summed E-state index contributed by atoms with van der Waals surface area (Å²) in [5.41, 5.74) is 6.88. The smallest absolute Gasteiger partial charge is 0.267 e. The van der Waals surface area contributed by atoms with E-state index < -0.39 is 0 Å². The first-order chi connectivity index (χ1) is 11.9. The molecule has 0 unspecified atom stereocenters. The molecule has 0 spiro atoms. The van der Waals surface area contributed by atoms with Gasteiger partial charge in [0.1, 0.15) is 0 Å². The molecule has 2 aromatic rings. The number of nitrogens with zero attached hydrogens (tertiary/aromatic N) is 2. The summed E-state index contributed by atoms with van der Waals surface area (Å²) in [6, 6.07) is 14.3. The monoisotopic (exact) mass is 332 g/mol. The van der Waals surface area contributed by atoms with Crippen LogP contribution in [0.4, 0.5) is 5.69 Å². The number of carbonyl (C=O) groups excluding carboxylic acids is 1. The van der Waals surface area contributed by atoms with Gasteiger partial charge in [-0.2, -0.15) is 10.1 Å². The Labute approximate surface area is 149 Å². The van der Waals surface area contributed by atoms with E-state index in [-0.39, 0.29) is 5.91 Å². The van der Waals surface area contributed by atoms with Gasteiger partial charge in [0.2, 0.25) is 0 Å². The number of hydrogen-bond donors (Lipinski definition) is 0. The van der Waals surface area contributed by atoms with Crippen LogP contribution in [-0.2, 0) is 4.79 Å². The quantitative estimate of drug-likeness (QED) is 0.708. The van der Waals surface area contributed by atoms with E-state index in [1.807, 2.05) is 38.1 Å². The normalized spacial score (nSPS) is 16.1. The Morgan fingerprint density at radius 1 is 0.960 bits per heavy atom. The number of anilines is 1.